The summed E-state index contributed by atoms with van der Waals surface area (Å²) < 4.78 is 0. The van der Waals surface area contributed by atoms with Crippen molar-refractivity contribution in [3.63, 3.8) is 0 Å². The predicted octanol–water partition coefficient (Wildman–Crippen LogP) is -0.245. The lowest BCUT2D eigenvalue weighted by Gasteiger charge is -2.35. The number of aromatic nitrogens is 3. The first-order chi connectivity index (χ1) is 13.1. The normalized spacial score (nSPS) is 29.9. The number of anilines is 3. The molecule has 3 saturated heterocycles. The number of aliphatic hydroxyl groups excluding tert-OH is 3. The number of piperidine rings is 3. The SMILES string of the molecule is OC1CCCN(c2nc(N3CCCC(O)C3)nc(N3CCCC(O)C3)n2)C1. The Labute approximate surface area is 159 Å². The van der Waals surface area contributed by atoms with Gasteiger partial charge < -0.3 is 30.0 Å². The van der Waals surface area contributed by atoms with Gasteiger partial charge in [0.25, 0.3) is 0 Å². The van der Waals surface area contributed by atoms with Crippen LogP contribution in [0.4, 0.5) is 17.8 Å². The first kappa shape index (κ1) is 18.6. The summed E-state index contributed by atoms with van der Waals surface area (Å²) >= 11 is 0. The Morgan fingerprint density at radius 3 is 1.11 bits per heavy atom. The van der Waals surface area contributed by atoms with Crippen molar-refractivity contribution in [2.75, 3.05) is 54.0 Å². The van der Waals surface area contributed by atoms with Gasteiger partial charge in [-0.3, -0.25) is 0 Å². The molecule has 150 valence electrons. The van der Waals surface area contributed by atoms with Gasteiger partial charge in [0, 0.05) is 39.3 Å². The third-order valence-electron chi connectivity index (χ3n) is 5.64. The standard InChI is InChI=1S/C18H30N6O3/c25-13-4-1-7-22(10-13)16-19-17(23-8-2-5-14(26)11-23)21-18(20-16)24-9-3-6-15(27)12-24/h13-15,25-27H,1-12H2. The second-order valence-corrected chi connectivity index (χ2v) is 7.96. The van der Waals surface area contributed by atoms with Gasteiger partial charge in [-0.2, -0.15) is 15.0 Å². The zero-order chi connectivity index (χ0) is 18.8. The summed E-state index contributed by atoms with van der Waals surface area (Å²) in [6, 6.07) is 0. The Hall–Kier alpha value is -1.71. The van der Waals surface area contributed by atoms with Crippen LogP contribution in [0.5, 0.6) is 0 Å². The van der Waals surface area contributed by atoms with Crippen LogP contribution in [-0.2, 0) is 0 Å². The van der Waals surface area contributed by atoms with E-state index in [2.05, 4.69) is 15.0 Å². The van der Waals surface area contributed by atoms with Crippen LogP contribution in [0, 0.1) is 0 Å². The lowest BCUT2D eigenvalue weighted by Crippen LogP contribution is -2.43. The molecule has 0 amide bonds. The van der Waals surface area contributed by atoms with E-state index in [1.165, 1.54) is 0 Å². The molecule has 0 bridgehead atoms. The van der Waals surface area contributed by atoms with E-state index in [4.69, 9.17) is 0 Å². The van der Waals surface area contributed by atoms with Gasteiger partial charge in [-0.1, -0.05) is 0 Å². The number of hydrogen-bond donors (Lipinski definition) is 3. The molecule has 0 spiro atoms. The van der Waals surface area contributed by atoms with E-state index in [1.54, 1.807) is 0 Å². The van der Waals surface area contributed by atoms with E-state index >= 15 is 0 Å². The fourth-order valence-electron chi connectivity index (χ4n) is 4.18. The van der Waals surface area contributed by atoms with Gasteiger partial charge in [-0.25, -0.2) is 0 Å². The van der Waals surface area contributed by atoms with Crippen molar-refractivity contribution in [2.45, 2.75) is 56.8 Å². The molecular formula is C18H30N6O3. The van der Waals surface area contributed by atoms with Crippen LogP contribution in [0.25, 0.3) is 0 Å². The molecule has 3 N–H and O–H groups in total. The highest BCUT2D eigenvalue weighted by atomic mass is 16.3. The molecule has 0 saturated carbocycles. The second kappa shape index (κ2) is 8.12. The largest absolute Gasteiger partial charge is 0.391 e. The van der Waals surface area contributed by atoms with Crippen molar-refractivity contribution in [1.29, 1.82) is 0 Å². The van der Waals surface area contributed by atoms with E-state index in [1.807, 2.05) is 14.7 Å². The molecule has 3 fully saturated rings. The number of aliphatic hydroxyl groups is 3. The molecule has 3 aliphatic rings. The lowest BCUT2D eigenvalue weighted by atomic mass is 10.1. The smallest absolute Gasteiger partial charge is 0.232 e. The summed E-state index contributed by atoms with van der Waals surface area (Å²) in [7, 11) is 0. The summed E-state index contributed by atoms with van der Waals surface area (Å²) in [4.78, 5) is 20.1. The molecule has 4 heterocycles. The Morgan fingerprint density at radius 2 is 0.852 bits per heavy atom. The van der Waals surface area contributed by atoms with Crippen molar-refractivity contribution in [2.24, 2.45) is 0 Å². The highest BCUT2D eigenvalue weighted by Crippen LogP contribution is 2.25. The maximum absolute atomic E-state index is 10.0. The van der Waals surface area contributed by atoms with E-state index in [0.717, 1.165) is 58.2 Å². The lowest BCUT2D eigenvalue weighted by molar-refractivity contribution is 0.152. The highest BCUT2D eigenvalue weighted by molar-refractivity contribution is 5.47. The minimum absolute atomic E-state index is 0.365. The van der Waals surface area contributed by atoms with Crippen LogP contribution in [0.1, 0.15) is 38.5 Å². The Kier molecular flexibility index (Phi) is 5.60. The Balaban J connectivity index is 1.65. The number of β-amino-alcohol motifs (C(OH)–C–C–N with tert-alkyl or cyclic N) is 3. The second-order valence-electron chi connectivity index (χ2n) is 7.96. The number of rotatable bonds is 3. The summed E-state index contributed by atoms with van der Waals surface area (Å²) in [5, 5.41) is 30.1. The van der Waals surface area contributed by atoms with Crippen molar-refractivity contribution >= 4 is 17.8 Å². The van der Waals surface area contributed by atoms with Crippen LogP contribution < -0.4 is 14.7 Å². The molecule has 1 aromatic heterocycles. The molecule has 1 aromatic rings. The first-order valence-electron chi connectivity index (χ1n) is 10.1. The monoisotopic (exact) mass is 378 g/mol. The third kappa shape index (κ3) is 4.41. The molecule has 0 radical (unpaired) electrons. The van der Waals surface area contributed by atoms with Gasteiger partial charge in [0.15, 0.2) is 0 Å². The first-order valence-corrected chi connectivity index (χ1v) is 10.1. The van der Waals surface area contributed by atoms with Crippen LogP contribution in [0.2, 0.25) is 0 Å². The van der Waals surface area contributed by atoms with Crippen molar-refractivity contribution in [1.82, 2.24) is 15.0 Å². The predicted molar refractivity (Wildman–Crippen MR) is 102 cm³/mol. The summed E-state index contributed by atoms with van der Waals surface area (Å²) in [5.74, 6) is 1.73. The van der Waals surface area contributed by atoms with E-state index in [-0.39, 0.29) is 18.3 Å². The van der Waals surface area contributed by atoms with Crippen LogP contribution in [0.3, 0.4) is 0 Å². The average molecular weight is 378 g/mol. The minimum Gasteiger partial charge on any atom is -0.391 e. The van der Waals surface area contributed by atoms with Gasteiger partial charge in [-0.05, 0) is 38.5 Å². The molecule has 0 aliphatic carbocycles. The van der Waals surface area contributed by atoms with Crippen LogP contribution in [-0.4, -0.2) is 87.9 Å². The fraction of sp³-hybridized carbons (Fsp3) is 0.833. The van der Waals surface area contributed by atoms with Gasteiger partial charge in [0.2, 0.25) is 17.8 Å². The van der Waals surface area contributed by atoms with Gasteiger partial charge in [0.05, 0.1) is 18.3 Å². The Bertz CT molecular complexity index is 549. The molecular weight excluding hydrogens is 348 g/mol. The topological polar surface area (TPSA) is 109 Å². The Morgan fingerprint density at radius 1 is 0.556 bits per heavy atom. The molecule has 0 aromatic carbocycles. The van der Waals surface area contributed by atoms with Gasteiger partial charge >= 0.3 is 0 Å². The fourth-order valence-corrected chi connectivity index (χ4v) is 4.18. The number of nitrogens with zero attached hydrogens (tertiary/aromatic N) is 6. The molecule has 9 nitrogen and oxygen atoms in total. The van der Waals surface area contributed by atoms with E-state index < -0.39 is 0 Å². The minimum atomic E-state index is -0.365. The molecule has 27 heavy (non-hydrogen) atoms. The average Bonchev–Trinajstić information content (AvgIpc) is 2.68. The van der Waals surface area contributed by atoms with Crippen LogP contribution >= 0.6 is 0 Å². The zero-order valence-electron chi connectivity index (χ0n) is 15.7. The maximum atomic E-state index is 10.0. The van der Waals surface area contributed by atoms with Crippen molar-refractivity contribution in [3.05, 3.63) is 0 Å². The van der Waals surface area contributed by atoms with E-state index in [9.17, 15) is 15.3 Å². The molecule has 3 aliphatic heterocycles. The van der Waals surface area contributed by atoms with Gasteiger partial charge in [0.1, 0.15) is 0 Å². The highest BCUT2D eigenvalue weighted by Gasteiger charge is 2.27. The maximum Gasteiger partial charge on any atom is 0.232 e. The van der Waals surface area contributed by atoms with Crippen molar-refractivity contribution < 1.29 is 15.3 Å². The summed E-state index contributed by atoms with van der Waals surface area (Å²) in [5.41, 5.74) is 0. The number of hydrogen-bond acceptors (Lipinski definition) is 9. The van der Waals surface area contributed by atoms with Crippen LogP contribution in [0.15, 0.2) is 0 Å². The van der Waals surface area contributed by atoms with E-state index in [0.29, 0.717) is 37.5 Å². The quantitative estimate of drug-likeness (QED) is 0.656. The van der Waals surface area contributed by atoms with Crippen molar-refractivity contribution in [3.8, 4) is 0 Å². The molecule has 3 unspecified atom stereocenters. The molecule has 4 rings (SSSR count). The molecule has 3 atom stereocenters. The zero-order valence-corrected chi connectivity index (χ0v) is 15.7. The summed E-state index contributed by atoms with van der Waals surface area (Å²) in [6.07, 6.45) is 4.03. The third-order valence-corrected chi connectivity index (χ3v) is 5.64. The summed E-state index contributed by atoms with van der Waals surface area (Å²) in [6.45, 7) is 4.00. The molecule has 9 heteroatoms. The van der Waals surface area contributed by atoms with Gasteiger partial charge in [-0.15, -0.1) is 0 Å².